The van der Waals surface area contributed by atoms with Gasteiger partial charge in [-0.3, -0.25) is 5.26 Å². The van der Waals surface area contributed by atoms with Gasteiger partial charge in [0.1, 0.15) is 24.7 Å². The number of hydrogen-bond acceptors (Lipinski definition) is 7. The lowest BCUT2D eigenvalue weighted by Crippen LogP contribution is -2.26. The van der Waals surface area contributed by atoms with E-state index in [0.717, 1.165) is 22.6 Å². The van der Waals surface area contributed by atoms with Crippen LogP contribution in [0.1, 0.15) is 31.4 Å². The van der Waals surface area contributed by atoms with Gasteiger partial charge in [0.15, 0.2) is 6.29 Å². The Hall–Kier alpha value is -1.98. The van der Waals surface area contributed by atoms with Crippen molar-refractivity contribution in [3.63, 3.8) is 0 Å². The van der Waals surface area contributed by atoms with Crippen LogP contribution >= 0.6 is 11.8 Å². The molecule has 6 nitrogen and oxygen atoms in total. The molecule has 0 saturated carbocycles. The molecule has 2 rings (SSSR count). The maximum atomic E-state index is 12.8. The molecule has 0 saturated heterocycles. The average Bonchev–Trinajstić information content (AvgIpc) is 2.82. The quantitative estimate of drug-likeness (QED) is 0.0900. The van der Waals surface area contributed by atoms with Crippen molar-refractivity contribution in [2.75, 3.05) is 38.8 Å². The van der Waals surface area contributed by atoms with Crippen LogP contribution in [0.2, 0.25) is 0 Å². The summed E-state index contributed by atoms with van der Waals surface area (Å²) in [6.07, 6.45) is -4.19. The van der Waals surface area contributed by atoms with Crippen LogP contribution in [0.4, 0.5) is 13.2 Å². The van der Waals surface area contributed by atoms with E-state index in [1.54, 1.807) is 11.8 Å². The summed E-state index contributed by atoms with van der Waals surface area (Å²) >= 11 is 1.64. The molecule has 2 aromatic rings. The predicted octanol–water partition coefficient (Wildman–Crippen LogP) is 6.46. The maximum Gasteiger partial charge on any atom is 0.416 e. The zero-order valence-electron chi connectivity index (χ0n) is 20.2. The van der Waals surface area contributed by atoms with Crippen LogP contribution in [0.15, 0.2) is 47.4 Å². The fraction of sp³-hybridized carbons (Fsp3) is 0.520. The normalized spacial score (nSPS) is 12.7. The minimum atomic E-state index is -4.38. The van der Waals surface area contributed by atoms with Gasteiger partial charge in [-0.1, -0.05) is 0 Å². The number of alkyl halides is 3. The maximum absolute atomic E-state index is 12.8. The minimum absolute atomic E-state index is 0.0170. The fourth-order valence-electron chi connectivity index (χ4n) is 3.24. The molecule has 0 aliphatic rings. The largest absolute Gasteiger partial charge is 0.493 e. The highest BCUT2D eigenvalue weighted by Crippen LogP contribution is 2.31. The zero-order chi connectivity index (χ0) is 25.7. The molecule has 1 N–H and O–H groups in total. The van der Waals surface area contributed by atoms with Crippen molar-refractivity contribution >= 4 is 11.8 Å². The third kappa shape index (κ3) is 10.7. The molecule has 1 unspecified atom stereocenters. The van der Waals surface area contributed by atoms with Crippen molar-refractivity contribution in [1.29, 1.82) is 0 Å². The molecule has 0 amide bonds. The molecule has 2 aromatic carbocycles. The van der Waals surface area contributed by atoms with E-state index >= 15 is 0 Å². The zero-order valence-corrected chi connectivity index (χ0v) is 21.0. The van der Waals surface area contributed by atoms with Gasteiger partial charge in [0.25, 0.3) is 0 Å². The lowest BCUT2D eigenvalue weighted by Gasteiger charge is -2.24. The molecular formula is C25H33F3O6S. The SMILES string of the molecule is CCOC(CC(COc1ccc(C(F)(F)F)cc1)CSc1ccc(OCCOO)c(C)c1)OCC. The Labute approximate surface area is 208 Å². The summed E-state index contributed by atoms with van der Waals surface area (Å²) in [5.74, 6) is 1.79. The van der Waals surface area contributed by atoms with Crippen LogP contribution in [0, 0.1) is 12.8 Å². The van der Waals surface area contributed by atoms with E-state index in [4.69, 9.17) is 24.2 Å². The standard InChI is InChI=1S/C25H33F3O6S/c1-4-30-24(31-5-2)15-19(16-33-21-8-6-20(7-9-21)25(26,27)28)17-35-22-10-11-23(18(3)14-22)32-12-13-34-29/h6-11,14,19,24,29H,4-5,12-13,15-17H2,1-3H3. The Morgan fingerprint density at radius 3 is 2.20 bits per heavy atom. The Balaban J connectivity index is 2.03. The molecule has 0 aliphatic heterocycles. The second-order valence-corrected chi connectivity index (χ2v) is 8.79. The van der Waals surface area contributed by atoms with Crippen molar-refractivity contribution < 1.29 is 42.3 Å². The molecule has 0 bridgehead atoms. The summed E-state index contributed by atoms with van der Waals surface area (Å²) in [6.45, 7) is 7.36. The van der Waals surface area contributed by atoms with Crippen molar-refractivity contribution in [1.82, 2.24) is 0 Å². The van der Waals surface area contributed by atoms with Gasteiger partial charge < -0.3 is 18.9 Å². The monoisotopic (exact) mass is 518 g/mol. The van der Waals surface area contributed by atoms with E-state index in [1.807, 2.05) is 39.0 Å². The highest BCUT2D eigenvalue weighted by molar-refractivity contribution is 7.99. The molecule has 1 atom stereocenters. The number of aryl methyl sites for hydroxylation is 1. The summed E-state index contributed by atoms with van der Waals surface area (Å²) < 4.78 is 61.2. The molecule has 0 spiro atoms. The summed E-state index contributed by atoms with van der Waals surface area (Å²) in [7, 11) is 0. The first-order valence-electron chi connectivity index (χ1n) is 11.4. The number of rotatable bonds is 16. The number of halogens is 3. The molecule has 35 heavy (non-hydrogen) atoms. The molecule has 0 aliphatic carbocycles. The average molecular weight is 519 g/mol. The van der Waals surface area contributed by atoms with Crippen LogP contribution in [0.25, 0.3) is 0 Å². The van der Waals surface area contributed by atoms with Gasteiger partial charge in [-0.2, -0.15) is 13.2 Å². The second-order valence-electron chi connectivity index (χ2n) is 7.70. The van der Waals surface area contributed by atoms with E-state index in [2.05, 4.69) is 4.89 Å². The van der Waals surface area contributed by atoms with Gasteiger partial charge >= 0.3 is 6.18 Å². The van der Waals surface area contributed by atoms with Gasteiger partial charge in [0, 0.05) is 36.2 Å². The number of thioether (sulfide) groups is 1. The highest BCUT2D eigenvalue weighted by Gasteiger charge is 2.30. The van der Waals surface area contributed by atoms with Gasteiger partial charge in [-0.05, 0) is 68.8 Å². The van der Waals surface area contributed by atoms with E-state index in [9.17, 15) is 13.2 Å². The number of ether oxygens (including phenoxy) is 4. The molecular weight excluding hydrogens is 485 g/mol. The Kier molecular flexibility index (Phi) is 12.7. The van der Waals surface area contributed by atoms with Crippen LogP contribution in [0.3, 0.4) is 0 Å². The summed E-state index contributed by atoms with van der Waals surface area (Å²) in [5.41, 5.74) is 0.239. The lowest BCUT2D eigenvalue weighted by molar-refractivity contribution is -0.245. The fourth-order valence-corrected chi connectivity index (χ4v) is 4.33. The Morgan fingerprint density at radius 2 is 1.63 bits per heavy atom. The van der Waals surface area contributed by atoms with E-state index in [-0.39, 0.29) is 19.1 Å². The minimum Gasteiger partial charge on any atom is -0.493 e. The van der Waals surface area contributed by atoms with Gasteiger partial charge in [-0.15, -0.1) is 11.8 Å². The number of hydrogen-bond donors (Lipinski definition) is 1. The van der Waals surface area contributed by atoms with Crippen LogP contribution in [-0.4, -0.2) is 50.3 Å². The second kappa shape index (κ2) is 15.2. The van der Waals surface area contributed by atoms with Crippen molar-refractivity contribution in [3.05, 3.63) is 53.6 Å². The van der Waals surface area contributed by atoms with Gasteiger partial charge in [0.2, 0.25) is 0 Å². The summed E-state index contributed by atoms with van der Waals surface area (Å²) in [5, 5.41) is 8.41. The first kappa shape index (κ1) is 29.3. The van der Waals surface area contributed by atoms with Crippen LogP contribution < -0.4 is 9.47 Å². The molecule has 196 valence electrons. The van der Waals surface area contributed by atoms with Crippen molar-refractivity contribution in [2.45, 2.75) is 44.6 Å². The molecule has 0 heterocycles. The van der Waals surface area contributed by atoms with E-state index in [0.29, 0.717) is 43.5 Å². The summed E-state index contributed by atoms with van der Waals surface area (Å²) in [6, 6.07) is 10.5. The Bertz CT molecular complexity index is 857. The van der Waals surface area contributed by atoms with Gasteiger partial charge in [0.05, 0.1) is 12.2 Å². The molecule has 0 fully saturated rings. The van der Waals surface area contributed by atoms with E-state index in [1.165, 1.54) is 12.1 Å². The van der Waals surface area contributed by atoms with E-state index < -0.39 is 18.0 Å². The lowest BCUT2D eigenvalue weighted by atomic mass is 10.1. The van der Waals surface area contributed by atoms with Gasteiger partial charge in [-0.25, -0.2) is 4.89 Å². The van der Waals surface area contributed by atoms with Crippen molar-refractivity contribution in [3.8, 4) is 11.5 Å². The van der Waals surface area contributed by atoms with Crippen LogP contribution in [-0.2, 0) is 20.5 Å². The van der Waals surface area contributed by atoms with Crippen molar-refractivity contribution in [2.24, 2.45) is 5.92 Å². The smallest absolute Gasteiger partial charge is 0.416 e. The number of benzene rings is 2. The first-order chi connectivity index (χ1) is 16.8. The topological polar surface area (TPSA) is 66.4 Å². The molecule has 10 heteroatoms. The molecule has 0 aromatic heterocycles. The Morgan fingerprint density at radius 1 is 0.943 bits per heavy atom. The summed E-state index contributed by atoms with van der Waals surface area (Å²) in [4.78, 5) is 5.06. The highest BCUT2D eigenvalue weighted by atomic mass is 32.2. The van der Waals surface area contributed by atoms with Crippen LogP contribution in [0.5, 0.6) is 11.5 Å². The molecule has 0 radical (unpaired) electrons. The predicted molar refractivity (Wildman–Crippen MR) is 128 cm³/mol. The first-order valence-corrected chi connectivity index (χ1v) is 12.4. The third-order valence-corrected chi connectivity index (χ3v) is 6.19. The third-order valence-electron chi connectivity index (χ3n) is 4.96.